The molecule has 0 aromatic rings. The number of piperidine rings is 1. The van der Waals surface area contributed by atoms with Gasteiger partial charge in [0.05, 0.1) is 0 Å². The summed E-state index contributed by atoms with van der Waals surface area (Å²) in [6.07, 6.45) is 8.07. The molecule has 0 spiro atoms. The van der Waals surface area contributed by atoms with Crippen LogP contribution >= 0.6 is 0 Å². The van der Waals surface area contributed by atoms with E-state index >= 15 is 0 Å². The van der Waals surface area contributed by atoms with E-state index < -0.39 is 0 Å². The Morgan fingerprint density at radius 2 is 2.18 bits per heavy atom. The summed E-state index contributed by atoms with van der Waals surface area (Å²) in [5.41, 5.74) is 0. The monoisotopic (exact) mass is 238 g/mol. The van der Waals surface area contributed by atoms with Crippen molar-refractivity contribution < 1.29 is 4.79 Å². The fraction of sp³-hybridized carbons (Fsp3) is 0.929. The van der Waals surface area contributed by atoms with Crippen LogP contribution in [0.2, 0.25) is 0 Å². The Morgan fingerprint density at radius 1 is 1.29 bits per heavy atom. The van der Waals surface area contributed by atoms with Gasteiger partial charge in [-0.25, -0.2) is 0 Å². The second kappa shape index (κ2) is 6.39. The normalized spacial score (nSPS) is 33.6. The molecule has 2 N–H and O–H groups in total. The van der Waals surface area contributed by atoms with Gasteiger partial charge in [0.25, 0.3) is 0 Å². The first kappa shape index (κ1) is 12.9. The molecule has 98 valence electrons. The van der Waals surface area contributed by atoms with Crippen molar-refractivity contribution >= 4 is 5.91 Å². The number of nitrogens with one attached hydrogen (secondary N) is 2. The summed E-state index contributed by atoms with van der Waals surface area (Å²) in [7, 11) is 0. The van der Waals surface area contributed by atoms with Gasteiger partial charge in [-0.3, -0.25) is 4.79 Å². The minimum atomic E-state index is 0.273. The van der Waals surface area contributed by atoms with E-state index in [2.05, 4.69) is 17.6 Å². The largest absolute Gasteiger partial charge is 0.353 e. The van der Waals surface area contributed by atoms with Gasteiger partial charge in [0.1, 0.15) is 0 Å². The molecule has 2 aliphatic rings. The second-order valence-corrected chi connectivity index (χ2v) is 5.83. The molecule has 1 amide bonds. The summed E-state index contributed by atoms with van der Waals surface area (Å²) in [4.78, 5) is 11.9. The van der Waals surface area contributed by atoms with Crippen LogP contribution in [0.5, 0.6) is 0 Å². The van der Waals surface area contributed by atoms with Gasteiger partial charge in [0, 0.05) is 12.5 Å². The van der Waals surface area contributed by atoms with Gasteiger partial charge in [-0.05, 0) is 57.0 Å². The van der Waals surface area contributed by atoms with E-state index in [1.807, 2.05) is 0 Å². The standard InChI is InChI=1S/C14H26N2O/c1-11-4-2-6-13(11)16-14(17)8-7-12-5-3-9-15-10-12/h11-13,15H,2-10H2,1H3,(H,16,17). The van der Waals surface area contributed by atoms with Crippen molar-refractivity contribution in [3.8, 4) is 0 Å². The summed E-state index contributed by atoms with van der Waals surface area (Å²) in [6.45, 7) is 4.51. The van der Waals surface area contributed by atoms with E-state index in [1.165, 1.54) is 32.1 Å². The van der Waals surface area contributed by atoms with E-state index in [9.17, 15) is 4.79 Å². The van der Waals surface area contributed by atoms with Gasteiger partial charge >= 0.3 is 0 Å². The highest BCUT2D eigenvalue weighted by molar-refractivity contribution is 5.76. The molecular formula is C14H26N2O. The minimum absolute atomic E-state index is 0.273. The van der Waals surface area contributed by atoms with E-state index in [0.717, 1.165) is 31.8 Å². The number of hydrogen-bond donors (Lipinski definition) is 2. The molecular weight excluding hydrogens is 212 g/mol. The van der Waals surface area contributed by atoms with Gasteiger partial charge in [0.2, 0.25) is 5.91 Å². The van der Waals surface area contributed by atoms with Crippen molar-refractivity contribution in [1.29, 1.82) is 0 Å². The molecule has 0 aromatic heterocycles. The molecule has 2 fully saturated rings. The van der Waals surface area contributed by atoms with Gasteiger partial charge in [-0.15, -0.1) is 0 Å². The van der Waals surface area contributed by atoms with Crippen LogP contribution < -0.4 is 10.6 Å². The van der Waals surface area contributed by atoms with Crippen LogP contribution in [0.4, 0.5) is 0 Å². The van der Waals surface area contributed by atoms with Crippen LogP contribution in [0.25, 0.3) is 0 Å². The maximum atomic E-state index is 11.9. The van der Waals surface area contributed by atoms with E-state index in [0.29, 0.717) is 12.0 Å². The average molecular weight is 238 g/mol. The zero-order valence-corrected chi connectivity index (χ0v) is 11.0. The molecule has 1 heterocycles. The Hall–Kier alpha value is -0.570. The molecule has 2 rings (SSSR count). The van der Waals surface area contributed by atoms with Crippen molar-refractivity contribution in [2.75, 3.05) is 13.1 Å². The predicted octanol–water partition coefficient (Wildman–Crippen LogP) is 2.07. The van der Waals surface area contributed by atoms with E-state index in [1.54, 1.807) is 0 Å². The first-order valence-electron chi connectivity index (χ1n) is 7.26. The van der Waals surface area contributed by atoms with E-state index in [4.69, 9.17) is 0 Å². The zero-order chi connectivity index (χ0) is 12.1. The first-order valence-corrected chi connectivity index (χ1v) is 7.26. The molecule has 1 aliphatic heterocycles. The Kier molecular flexibility index (Phi) is 4.84. The lowest BCUT2D eigenvalue weighted by Crippen LogP contribution is -2.37. The Balaban J connectivity index is 1.63. The molecule has 0 bridgehead atoms. The Bertz CT molecular complexity index is 249. The highest BCUT2D eigenvalue weighted by Gasteiger charge is 2.24. The minimum Gasteiger partial charge on any atom is -0.353 e. The second-order valence-electron chi connectivity index (χ2n) is 5.83. The van der Waals surface area contributed by atoms with Crippen molar-refractivity contribution in [3.05, 3.63) is 0 Å². The van der Waals surface area contributed by atoms with Gasteiger partial charge in [-0.2, -0.15) is 0 Å². The summed E-state index contributed by atoms with van der Waals surface area (Å²) >= 11 is 0. The van der Waals surface area contributed by atoms with Crippen LogP contribution in [0.15, 0.2) is 0 Å². The van der Waals surface area contributed by atoms with Crippen LogP contribution in [0, 0.1) is 11.8 Å². The molecule has 3 atom stereocenters. The summed E-state index contributed by atoms with van der Waals surface area (Å²) < 4.78 is 0. The average Bonchev–Trinajstić information content (AvgIpc) is 2.74. The summed E-state index contributed by atoms with van der Waals surface area (Å²) in [5, 5.41) is 6.62. The number of carbonyl (C=O) groups excluding carboxylic acids is 1. The third kappa shape index (κ3) is 3.98. The van der Waals surface area contributed by atoms with Crippen LogP contribution in [0.1, 0.15) is 51.9 Å². The van der Waals surface area contributed by atoms with Gasteiger partial charge < -0.3 is 10.6 Å². The van der Waals surface area contributed by atoms with Crippen molar-refractivity contribution in [1.82, 2.24) is 10.6 Å². The molecule has 1 saturated carbocycles. The topological polar surface area (TPSA) is 41.1 Å². The number of hydrogen-bond acceptors (Lipinski definition) is 2. The quantitative estimate of drug-likeness (QED) is 0.787. The fourth-order valence-electron chi connectivity index (χ4n) is 3.14. The predicted molar refractivity (Wildman–Crippen MR) is 69.8 cm³/mol. The number of amides is 1. The first-order chi connectivity index (χ1) is 8.25. The lowest BCUT2D eigenvalue weighted by Gasteiger charge is -2.23. The van der Waals surface area contributed by atoms with Crippen molar-refractivity contribution in [3.63, 3.8) is 0 Å². The third-order valence-electron chi connectivity index (χ3n) is 4.39. The van der Waals surface area contributed by atoms with Gasteiger partial charge in [0.15, 0.2) is 0 Å². The third-order valence-corrected chi connectivity index (χ3v) is 4.39. The Morgan fingerprint density at radius 3 is 2.82 bits per heavy atom. The Labute approximate surface area is 105 Å². The molecule has 0 radical (unpaired) electrons. The SMILES string of the molecule is CC1CCCC1NC(=O)CCC1CCCNC1. The summed E-state index contributed by atoms with van der Waals surface area (Å²) in [6, 6.07) is 0.451. The van der Waals surface area contributed by atoms with Crippen LogP contribution in [0.3, 0.4) is 0 Å². The highest BCUT2D eigenvalue weighted by atomic mass is 16.1. The number of rotatable bonds is 4. The zero-order valence-electron chi connectivity index (χ0n) is 11.0. The molecule has 3 unspecified atom stereocenters. The maximum absolute atomic E-state index is 11.9. The molecule has 17 heavy (non-hydrogen) atoms. The smallest absolute Gasteiger partial charge is 0.220 e. The number of carbonyl (C=O) groups is 1. The van der Waals surface area contributed by atoms with Crippen molar-refractivity contribution in [2.24, 2.45) is 11.8 Å². The lowest BCUT2D eigenvalue weighted by molar-refractivity contribution is -0.122. The summed E-state index contributed by atoms with van der Waals surface area (Å²) in [5.74, 6) is 1.67. The lowest BCUT2D eigenvalue weighted by atomic mass is 9.94. The fourth-order valence-corrected chi connectivity index (χ4v) is 3.14. The molecule has 3 nitrogen and oxygen atoms in total. The highest BCUT2D eigenvalue weighted by Crippen LogP contribution is 2.25. The van der Waals surface area contributed by atoms with Crippen molar-refractivity contribution in [2.45, 2.75) is 57.9 Å². The van der Waals surface area contributed by atoms with Crippen LogP contribution in [-0.4, -0.2) is 25.0 Å². The molecule has 0 aromatic carbocycles. The van der Waals surface area contributed by atoms with Crippen LogP contribution in [-0.2, 0) is 4.79 Å². The molecule has 1 saturated heterocycles. The molecule has 3 heteroatoms. The van der Waals surface area contributed by atoms with Gasteiger partial charge in [-0.1, -0.05) is 13.3 Å². The maximum Gasteiger partial charge on any atom is 0.220 e. The molecule has 1 aliphatic carbocycles. The van der Waals surface area contributed by atoms with E-state index in [-0.39, 0.29) is 5.91 Å².